The minimum absolute atomic E-state index is 0.271. The summed E-state index contributed by atoms with van der Waals surface area (Å²) in [5.41, 5.74) is 0.481. The molecule has 1 amide bonds. The van der Waals surface area contributed by atoms with Gasteiger partial charge in [0, 0.05) is 11.6 Å². The van der Waals surface area contributed by atoms with Crippen molar-refractivity contribution in [3.8, 4) is 11.5 Å². The Bertz CT molecular complexity index is 781. The molecule has 5 nitrogen and oxygen atoms in total. The van der Waals surface area contributed by atoms with Gasteiger partial charge in [-0.2, -0.15) is 0 Å². The molecule has 0 aliphatic heterocycles. The van der Waals surface area contributed by atoms with E-state index in [2.05, 4.69) is 10.5 Å². The lowest BCUT2D eigenvalue weighted by atomic mass is 10.2. The van der Waals surface area contributed by atoms with Gasteiger partial charge in [0.1, 0.15) is 17.3 Å². The fraction of sp³-hybridized carbons (Fsp3) is 0.0588. The number of anilines is 1. The number of carbonyl (C=O) groups is 1. The van der Waals surface area contributed by atoms with E-state index >= 15 is 0 Å². The number of rotatable bonds is 4. The van der Waals surface area contributed by atoms with Crippen LogP contribution in [-0.4, -0.2) is 11.1 Å². The Morgan fingerprint density at radius 3 is 2.55 bits per heavy atom. The van der Waals surface area contributed by atoms with Gasteiger partial charge in [-0.15, -0.1) is 0 Å². The smallest absolute Gasteiger partial charge is 0.257 e. The second-order valence-corrected chi connectivity index (χ2v) is 4.72. The highest BCUT2D eigenvalue weighted by molar-refractivity contribution is 6.03. The van der Waals surface area contributed by atoms with Gasteiger partial charge >= 0.3 is 0 Å². The monoisotopic (exact) mass is 294 g/mol. The third-order valence-electron chi connectivity index (χ3n) is 2.94. The number of amides is 1. The molecule has 5 heteroatoms. The molecule has 0 bridgehead atoms. The van der Waals surface area contributed by atoms with Gasteiger partial charge in [0.15, 0.2) is 5.82 Å². The van der Waals surface area contributed by atoms with E-state index in [1.807, 2.05) is 30.3 Å². The Hall–Kier alpha value is -3.08. The lowest BCUT2D eigenvalue weighted by Crippen LogP contribution is -2.11. The molecular formula is C17H14N2O3. The average Bonchev–Trinajstić information content (AvgIpc) is 2.93. The molecule has 0 aliphatic rings. The number of para-hydroxylation sites is 1. The second kappa shape index (κ2) is 6.13. The quantitative estimate of drug-likeness (QED) is 0.789. The zero-order valence-corrected chi connectivity index (χ0v) is 11.9. The SMILES string of the molecule is Cc1cc(NC(=O)c2cccc(Oc3ccccc3)c2)no1. The van der Waals surface area contributed by atoms with Crippen LogP contribution in [0, 0.1) is 6.92 Å². The van der Waals surface area contributed by atoms with Crippen molar-refractivity contribution < 1.29 is 14.1 Å². The molecule has 0 radical (unpaired) electrons. The van der Waals surface area contributed by atoms with Crippen LogP contribution in [-0.2, 0) is 0 Å². The van der Waals surface area contributed by atoms with Gasteiger partial charge in [0.2, 0.25) is 0 Å². The molecule has 3 rings (SSSR count). The first-order valence-corrected chi connectivity index (χ1v) is 6.78. The number of ether oxygens (including phenoxy) is 1. The summed E-state index contributed by atoms with van der Waals surface area (Å²) >= 11 is 0. The minimum Gasteiger partial charge on any atom is -0.457 e. The van der Waals surface area contributed by atoms with Gasteiger partial charge in [-0.25, -0.2) is 0 Å². The van der Waals surface area contributed by atoms with Crippen molar-refractivity contribution in [2.45, 2.75) is 6.92 Å². The lowest BCUT2D eigenvalue weighted by molar-refractivity contribution is 0.102. The summed E-state index contributed by atoms with van der Waals surface area (Å²) in [7, 11) is 0. The number of hydrogen-bond acceptors (Lipinski definition) is 4. The number of carbonyl (C=O) groups excluding carboxylic acids is 1. The van der Waals surface area contributed by atoms with E-state index in [0.29, 0.717) is 28.6 Å². The predicted octanol–water partition coefficient (Wildman–Crippen LogP) is 4.03. The van der Waals surface area contributed by atoms with Crippen LogP contribution >= 0.6 is 0 Å². The Kier molecular flexibility index (Phi) is 3.87. The highest BCUT2D eigenvalue weighted by atomic mass is 16.5. The average molecular weight is 294 g/mol. The molecule has 0 atom stereocenters. The molecule has 1 heterocycles. The van der Waals surface area contributed by atoms with Gasteiger partial charge in [-0.05, 0) is 37.3 Å². The van der Waals surface area contributed by atoms with Crippen LogP contribution in [0.5, 0.6) is 11.5 Å². The Labute approximate surface area is 127 Å². The molecule has 0 saturated heterocycles. The van der Waals surface area contributed by atoms with Crippen LogP contribution in [0.1, 0.15) is 16.1 Å². The number of aromatic nitrogens is 1. The van der Waals surface area contributed by atoms with Gasteiger partial charge in [-0.3, -0.25) is 4.79 Å². The number of aryl methyl sites for hydroxylation is 1. The Morgan fingerprint density at radius 2 is 1.82 bits per heavy atom. The van der Waals surface area contributed by atoms with Crippen LogP contribution in [0.4, 0.5) is 5.82 Å². The molecule has 1 N–H and O–H groups in total. The molecule has 2 aromatic carbocycles. The van der Waals surface area contributed by atoms with Crippen LogP contribution in [0.2, 0.25) is 0 Å². The maximum Gasteiger partial charge on any atom is 0.257 e. The molecule has 0 fully saturated rings. The van der Waals surface area contributed by atoms with Crippen LogP contribution in [0.25, 0.3) is 0 Å². The second-order valence-electron chi connectivity index (χ2n) is 4.72. The fourth-order valence-electron chi connectivity index (χ4n) is 1.94. The first-order chi connectivity index (χ1) is 10.7. The van der Waals surface area contributed by atoms with E-state index in [4.69, 9.17) is 9.26 Å². The van der Waals surface area contributed by atoms with E-state index in [9.17, 15) is 4.79 Å². The van der Waals surface area contributed by atoms with Crippen molar-refractivity contribution in [3.05, 3.63) is 72.0 Å². The Balaban J connectivity index is 1.74. The maximum atomic E-state index is 12.2. The van der Waals surface area contributed by atoms with Gasteiger partial charge < -0.3 is 14.6 Å². The maximum absolute atomic E-state index is 12.2. The van der Waals surface area contributed by atoms with Crippen LogP contribution in [0.3, 0.4) is 0 Å². The molecule has 0 aliphatic carbocycles. The number of nitrogens with zero attached hydrogens (tertiary/aromatic N) is 1. The predicted molar refractivity (Wildman–Crippen MR) is 82.2 cm³/mol. The topological polar surface area (TPSA) is 64.4 Å². The summed E-state index contributed by atoms with van der Waals surface area (Å²) in [6.45, 7) is 1.76. The van der Waals surface area contributed by atoms with E-state index in [0.717, 1.165) is 0 Å². The first kappa shape index (κ1) is 13.9. The molecule has 110 valence electrons. The summed E-state index contributed by atoms with van der Waals surface area (Å²) in [6, 6.07) is 18.0. The van der Waals surface area contributed by atoms with Crippen molar-refractivity contribution in [2.24, 2.45) is 0 Å². The molecule has 3 aromatic rings. The molecule has 0 saturated carbocycles. The van der Waals surface area contributed by atoms with Crippen LogP contribution in [0.15, 0.2) is 65.2 Å². The van der Waals surface area contributed by atoms with Gasteiger partial charge in [0.05, 0.1) is 0 Å². The fourth-order valence-corrected chi connectivity index (χ4v) is 1.94. The Morgan fingerprint density at radius 1 is 1.05 bits per heavy atom. The van der Waals surface area contributed by atoms with Crippen molar-refractivity contribution in [2.75, 3.05) is 5.32 Å². The highest BCUT2D eigenvalue weighted by Gasteiger charge is 2.10. The number of benzene rings is 2. The van der Waals surface area contributed by atoms with Gasteiger partial charge in [-0.1, -0.05) is 29.4 Å². The summed E-state index contributed by atoms with van der Waals surface area (Å²) in [6.07, 6.45) is 0. The molecular weight excluding hydrogens is 280 g/mol. The molecule has 0 spiro atoms. The van der Waals surface area contributed by atoms with Crippen molar-refractivity contribution in [3.63, 3.8) is 0 Å². The molecule has 1 aromatic heterocycles. The molecule has 0 unspecified atom stereocenters. The highest BCUT2D eigenvalue weighted by Crippen LogP contribution is 2.22. The largest absolute Gasteiger partial charge is 0.457 e. The zero-order chi connectivity index (χ0) is 15.4. The number of hydrogen-bond donors (Lipinski definition) is 1. The van der Waals surface area contributed by atoms with Gasteiger partial charge in [0.25, 0.3) is 5.91 Å². The van der Waals surface area contributed by atoms with Crippen LogP contribution < -0.4 is 10.1 Å². The summed E-state index contributed by atoms with van der Waals surface area (Å²) in [5, 5.41) is 6.40. The summed E-state index contributed by atoms with van der Waals surface area (Å²) in [4.78, 5) is 12.2. The first-order valence-electron chi connectivity index (χ1n) is 6.78. The van der Waals surface area contributed by atoms with Crippen molar-refractivity contribution >= 4 is 11.7 Å². The normalized spacial score (nSPS) is 10.2. The van der Waals surface area contributed by atoms with E-state index in [1.165, 1.54) is 0 Å². The molecule has 22 heavy (non-hydrogen) atoms. The number of nitrogens with one attached hydrogen (secondary N) is 1. The van der Waals surface area contributed by atoms with Crippen molar-refractivity contribution in [1.29, 1.82) is 0 Å². The van der Waals surface area contributed by atoms with Crippen molar-refractivity contribution in [1.82, 2.24) is 5.16 Å². The summed E-state index contributed by atoms with van der Waals surface area (Å²) in [5.74, 6) is 2.06. The zero-order valence-electron chi connectivity index (χ0n) is 11.9. The van der Waals surface area contributed by atoms with E-state index < -0.39 is 0 Å². The minimum atomic E-state index is -0.271. The standard InChI is InChI=1S/C17H14N2O3/c1-12-10-16(19-22-12)18-17(20)13-6-5-9-15(11-13)21-14-7-3-2-4-8-14/h2-11H,1H3,(H,18,19,20). The third kappa shape index (κ3) is 3.32. The van der Waals surface area contributed by atoms with E-state index in [-0.39, 0.29) is 5.91 Å². The van der Waals surface area contributed by atoms with E-state index in [1.54, 1.807) is 37.3 Å². The third-order valence-corrected chi connectivity index (χ3v) is 2.94. The lowest BCUT2D eigenvalue weighted by Gasteiger charge is -2.07. The summed E-state index contributed by atoms with van der Waals surface area (Å²) < 4.78 is 10.6.